The zero-order chi connectivity index (χ0) is 68.9. The molecule has 5 rings (SSSR count). The van der Waals surface area contributed by atoms with Gasteiger partial charge in [-0.15, -0.1) is 0 Å². The molecule has 0 aliphatic carbocycles. The van der Waals surface area contributed by atoms with Gasteiger partial charge in [-0.1, -0.05) is 214 Å². The molecule has 0 fully saturated rings. The molecule has 0 aromatic heterocycles. The Morgan fingerprint density at radius 2 is 0.421 bits per heavy atom. The lowest BCUT2D eigenvalue weighted by atomic mass is 10.00. The van der Waals surface area contributed by atoms with Crippen LogP contribution < -0.4 is 47.4 Å². The molecule has 0 N–H and O–H groups in total. The molecular formula is C83H118I2O10. The number of benzene rings is 5. The van der Waals surface area contributed by atoms with Gasteiger partial charge < -0.3 is 47.4 Å². The van der Waals surface area contributed by atoms with Gasteiger partial charge >= 0.3 is 0 Å². The molecule has 0 heterocycles. The Kier molecular flexibility index (Phi) is 38.1. The van der Waals surface area contributed by atoms with Gasteiger partial charge in [-0.3, -0.25) is 0 Å². The largest absolute Gasteiger partial charge is 0.496 e. The predicted molar refractivity (Wildman–Crippen MR) is 420 cm³/mol. The number of hydrogen-bond donors (Lipinski definition) is 0. The first-order valence-electron chi connectivity index (χ1n) is 36.0. The topological polar surface area (TPSA) is 92.3 Å². The summed E-state index contributed by atoms with van der Waals surface area (Å²) in [6, 6.07) is 20.9. The van der Waals surface area contributed by atoms with Gasteiger partial charge in [-0.25, -0.2) is 0 Å². The molecule has 0 amide bonds. The van der Waals surface area contributed by atoms with Crippen LogP contribution in [0, 0.1) is 36.7 Å². The van der Waals surface area contributed by atoms with Crippen LogP contribution in [0.3, 0.4) is 0 Å². The molecule has 524 valence electrons. The summed E-state index contributed by atoms with van der Waals surface area (Å²) >= 11 is 4.66. The Morgan fingerprint density at radius 3 is 0.600 bits per heavy atom. The van der Waals surface area contributed by atoms with Crippen molar-refractivity contribution in [1.29, 1.82) is 0 Å². The Bertz CT molecular complexity index is 3160. The molecule has 5 aromatic rings. The van der Waals surface area contributed by atoms with E-state index in [1.165, 1.54) is 25.7 Å². The van der Waals surface area contributed by atoms with E-state index in [1.807, 2.05) is 0 Å². The van der Waals surface area contributed by atoms with E-state index in [1.54, 1.807) is 35.5 Å². The number of unbranched alkanes of at least 4 members (excludes halogenated alkanes) is 5. The first kappa shape index (κ1) is 80.2. The van der Waals surface area contributed by atoms with Crippen molar-refractivity contribution in [3.8, 4) is 57.5 Å². The third-order valence-corrected chi connectivity index (χ3v) is 20.2. The van der Waals surface area contributed by atoms with Crippen molar-refractivity contribution in [3.05, 3.63) is 112 Å². The quantitative estimate of drug-likeness (QED) is 0.0277. The summed E-state index contributed by atoms with van der Waals surface area (Å²) in [4.78, 5) is 0. The molecule has 5 unspecified atom stereocenters. The van der Waals surface area contributed by atoms with Gasteiger partial charge in [-0.2, -0.15) is 0 Å². The van der Waals surface area contributed by atoms with Gasteiger partial charge in [0.1, 0.15) is 57.5 Å². The van der Waals surface area contributed by atoms with E-state index in [4.69, 9.17) is 47.4 Å². The second-order valence-electron chi connectivity index (χ2n) is 25.4. The van der Waals surface area contributed by atoms with Gasteiger partial charge in [-0.05, 0) is 168 Å². The molecule has 0 aliphatic rings. The van der Waals surface area contributed by atoms with Crippen LogP contribution in [0.15, 0.2) is 60.7 Å². The van der Waals surface area contributed by atoms with E-state index in [9.17, 15) is 0 Å². The van der Waals surface area contributed by atoms with E-state index < -0.39 is 0 Å². The smallest absolute Gasteiger partial charge is 0.133 e. The Hall–Kier alpha value is -5.48. The molecule has 0 saturated heterocycles. The van der Waals surface area contributed by atoms with E-state index in [2.05, 4.69) is 224 Å². The Balaban J connectivity index is 1.65. The van der Waals surface area contributed by atoms with Crippen molar-refractivity contribution in [2.24, 2.45) is 29.6 Å². The maximum Gasteiger partial charge on any atom is 0.133 e. The molecule has 5 atom stereocenters. The van der Waals surface area contributed by atoms with Crippen molar-refractivity contribution < 1.29 is 47.4 Å². The predicted octanol–water partition coefficient (Wildman–Crippen LogP) is 24.6. The van der Waals surface area contributed by atoms with Crippen molar-refractivity contribution in [2.75, 3.05) is 68.6 Å². The second kappa shape index (κ2) is 45.2. The molecule has 10 nitrogen and oxygen atoms in total. The minimum Gasteiger partial charge on any atom is -0.496 e. The fraction of sp³-hybridized carbons (Fsp3) is 0.542. The third kappa shape index (κ3) is 26.0. The van der Waals surface area contributed by atoms with Crippen LogP contribution in [0.4, 0.5) is 0 Å². The molecule has 12 heteroatoms. The first-order chi connectivity index (χ1) is 46.2. The van der Waals surface area contributed by atoms with Gasteiger partial charge in [0.05, 0.1) is 75.7 Å². The van der Waals surface area contributed by atoms with Crippen molar-refractivity contribution >= 4 is 93.8 Å². The van der Waals surface area contributed by atoms with Crippen molar-refractivity contribution in [1.82, 2.24) is 0 Å². The normalized spacial score (nSPS) is 13.4. The summed E-state index contributed by atoms with van der Waals surface area (Å²) in [5, 5.41) is 0. The van der Waals surface area contributed by atoms with Crippen molar-refractivity contribution in [3.63, 3.8) is 0 Å². The maximum absolute atomic E-state index is 6.99. The number of rotatable bonds is 48. The lowest BCUT2D eigenvalue weighted by Crippen LogP contribution is -2.12. The molecule has 0 spiro atoms. The SMILES string of the molecule is CCCCC(CC)COc1cc(I)c(OC)cc1/C=C/c1cc(OCC(CC)CCCC)c(/C=C/c2cc(OCC(CC)CCCC)c(/C=C/c3cc(OC)c(/C=C/c4cc(OC)c(I)cc4OCC(CC)CCCC)cc3OCC(CC)CCCC)cc2OC)cc1OC. The van der Waals surface area contributed by atoms with E-state index in [0.29, 0.717) is 79.9 Å². The first-order valence-corrected chi connectivity index (χ1v) is 38.2. The highest BCUT2D eigenvalue weighted by Gasteiger charge is 2.20. The molecule has 95 heavy (non-hydrogen) atoms. The summed E-state index contributed by atoms with van der Waals surface area (Å²) in [7, 11) is 8.62. The van der Waals surface area contributed by atoms with E-state index in [-0.39, 0.29) is 0 Å². The number of hydrogen-bond acceptors (Lipinski definition) is 10. The lowest BCUT2D eigenvalue weighted by molar-refractivity contribution is 0.232. The fourth-order valence-corrected chi connectivity index (χ4v) is 13.0. The Labute approximate surface area is 602 Å². The number of methoxy groups -OCH3 is 5. The second-order valence-corrected chi connectivity index (χ2v) is 27.7. The van der Waals surface area contributed by atoms with Crippen LogP contribution >= 0.6 is 45.2 Å². The lowest BCUT2D eigenvalue weighted by Gasteiger charge is -2.20. The number of ether oxygens (including phenoxy) is 10. The van der Waals surface area contributed by atoms with Gasteiger partial charge in [0.25, 0.3) is 0 Å². The van der Waals surface area contributed by atoms with Crippen LogP contribution in [0.25, 0.3) is 48.6 Å². The zero-order valence-electron chi connectivity index (χ0n) is 60.8. The van der Waals surface area contributed by atoms with Crippen LogP contribution in [-0.4, -0.2) is 68.6 Å². The summed E-state index contributed by atoms with van der Waals surface area (Å²) in [5.74, 6) is 9.89. The minimum absolute atomic E-state index is 0.402. The molecule has 0 radical (unpaired) electrons. The maximum atomic E-state index is 6.99. The van der Waals surface area contributed by atoms with E-state index >= 15 is 0 Å². The third-order valence-electron chi connectivity index (χ3n) is 18.5. The van der Waals surface area contributed by atoms with Crippen LogP contribution in [0.1, 0.15) is 242 Å². The van der Waals surface area contributed by atoms with Gasteiger partial charge in [0, 0.05) is 44.5 Å². The molecule has 0 aliphatic heterocycles. The molecular weight excluding hydrogens is 1410 g/mol. The zero-order valence-corrected chi connectivity index (χ0v) is 65.1. The standard InChI is InChI=1S/C83H118I2O10/c1-16-26-31-59(21-6)54-91-77-48-65(37-40-70-50-82(89-14)72(84)52-80(70)94-57-62(24-9)34-29-19-4)74(86-11)44-67(77)39-36-64-47-78(92-55-60(22-7)32-27-17-2)68(45-75(64)87-12)42-43-69-46-76(88-13)66(49-79(69)93-56-61(23-8)33-28-18-3)38-41-71-51-83(90-15)73(85)53-81(71)95-58-63(25-10)35-30-20-5/h36-53,59-63H,16-35,54-58H2,1-15H3/b39-36+,40-37+,41-38+,43-42+. The van der Waals surface area contributed by atoms with Gasteiger partial charge in [0.15, 0.2) is 0 Å². The average Bonchev–Trinajstić information content (AvgIpc) is 0.848. The highest BCUT2D eigenvalue weighted by atomic mass is 127. The molecule has 5 aromatic carbocycles. The summed E-state index contributed by atoms with van der Waals surface area (Å²) < 4.78 is 66.5. The minimum atomic E-state index is 0.402. The van der Waals surface area contributed by atoms with Crippen LogP contribution in [-0.2, 0) is 0 Å². The highest BCUT2D eigenvalue weighted by Crippen LogP contribution is 2.40. The number of halogens is 2. The van der Waals surface area contributed by atoms with Crippen molar-refractivity contribution in [2.45, 2.75) is 198 Å². The molecule has 0 bridgehead atoms. The van der Waals surface area contributed by atoms with Crippen LogP contribution in [0.5, 0.6) is 57.5 Å². The fourth-order valence-electron chi connectivity index (χ4n) is 11.6. The summed E-state index contributed by atoms with van der Waals surface area (Å²) in [5.41, 5.74) is 7.16. The monoisotopic (exact) mass is 1530 g/mol. The van der Waals surface area contributed by atoms with Gasteiger partial charge in [0.2, 0.25) is 0 Å². The Morgan fingerprint density at radius 1 is 0.253 bits per heavy atom. The average molecular weight is 1530 g/mol. The summed E-state index contributed by atoms with van der Waals surface area (Å²) in [6.45, 7) is 25.7. The molecule has 0 saturated carbocycles. The summed E-state index contributed by atoms with van der Waals surface area (Å²) in [6.07, 6.45) is 39.3. The van der Waals surface area contributed by atoms with Crippen LogP contribution in [0.2, 0.25) is 0 Å². The van der Waals surface area contributed by atoms with E-state index in [0.717, 1.165) is 195 Å². The highest BCUT2D eigenvalue weighted by molar-refractivity contribution is 14.1.